The lowest BCUT2D eigenvalue weighted by Gasteiger charge is -2.26. The van der Waals surface area contributed by atoms with E-state index >= 15 is 0 Å². The highest BCUT2D eigenvalue weighted by Crippen LogP contribution is 2.31. The van der Waals surface area contributed by atoms with Crippen LogP contribution in [0.4, 0.5) is 11.8 Å². The standard InChI is InChI=1S/C25H34N4O4S/c1-4-17(18-5-7-19(8-6-18)24(30)32-3)9-13-29(2)25-27-21-12-16-34(31)22(21)23(28-25)26-20-10-14-33-15-11-20/h5-8,17,20H,4,9-16H2,1-3H3,(H,26,27,28). The smallest absolute Gasteiger partial charge is 0.337 e. The Kier molecular flexibility index (Phi) is 8.15. The van der Waals surface area contributed by atoms with E-state index in [0.29, 0.717) is 23.2 Å². The van der Waals surface area contributed by atoms with Gasteiger partial charge in [-0.05, 0) is 49.3 Å². The summed E-state index contributed by atoms with van der Waals surface area (Å²) in [6.07, 6.45) is 4.48. The van der Waals surface area contributed by atoms with E-state index < -0.39 is 10.8 Å². The molecule has 34 heavy (non-hydrogen) atoms. The minimum atomic E-state index is -1.05. The predicted molar refractivity (Wildman–Crippen MR) is 133 cm³/mol. The summed E-state index contributed by atoms with van der Waals surface area (Å²) in [4.78, 5) is 24.2. The van der Waals surface area contributed by atoms with Gasteiger partial charge in [0.1, 0.15) is 10.7 Å². The van der Waals surface area contributed by atoms with Crippen LogP contribution in [0.3, 0.4) is 0 Å². The van der Waals surface area contributed by atoms with Gasteiger partial charge in [-0.25, -0.2) is 9.78 Å². The third kappa shape index (κ3) is 5.58. The zero-order valence-corrected chi connectivity index (χ0v) is 21.0. The van der Waals surface area contributed by atoms with Crippen LogP contribution in [-0.2, 0) is 26.7 Å². The average molecular weight is 487 g/mol. The maximum absolute atomic E-state index is 12.6. The van der Waals surface area contributed by atoms with E-state index in [1.807, 2.05) is 31.3 Å². The van der Waals surface area contributed by atoms with Gasteiger partial charge in [0, 0.05) is 45.0 Å². The Hall–Kier alpha value is -2.52. The summed E-state index contributed by atoms with van der Waals surface area (Å²) in [5, 5.41) is 3.54. The van der Waals surface area contributed by atoms with E-state index in [4.69, 9.17) is 19.4 Å². The molecule has 2 aromatic rings. The molecule has 1 aromatic carbocycles. The average Bonchev–Trinajstić information content (AvgIpc) is 3.25. The quantitative estimate of drug-likeness (QED) is 0.538. The molecule has 2 atom stereocenters. The van der Waals surface area contributed by atoms with Gasteiger partial charge in [-0.15, -0.1) is 0 Å². The Morgan fingerprint density at radius 1 is 1.26 bits per heavy atom. The fraction of sp³-hybridized carbons (Fsp3) is 0.560. The molecule has 2 unspecified atom stereocenters. The summed E-state index contributed by atoms with van der Waals surface area (Å²) in [5.41, 5.74) is 2.66. The van der Waals surface area contributed by atoms with Gasteiger partial charge in [-0.3, -0.25) is 4.21 Å². The van der Waals surface area contributed by atoms with Gasteiger partial charge in [0.2, 0.25) is 5.95 Å². The molecule has 9 heteroatoms. The van der Waals surface area contributed by atoms with Crippen molar-refractivity contribution in [3.05, 3.63) is 41.1 Å². The topological polar surface area (TPSA) is 93.6 Å². The lowest BCUT2D eigenvalue weighted by atomic mass is 9.92. The zero-order valence-electron chi connectivity index (χ0n) is 20.2. The van der Waals surface area contributed by atoms with Crippen LogP contribution in [0.5, 0.6) is 0 Å². The summed E-state index contributed by atoms with van der Waals surface area (Å²) in [7, 11) is 2.36. The summed E-state index contributed by atoms with van der Waals surface area (Å²) >= 11 is 0. The Balaban J connectivity index is 1.46. The molecule has 3 heterocycles. The molecule has 4 rings (SSSR count). The van der Waals surface area contributed by atoms with Crippen molar-refractivity contribution in [3.63, 3.8) is 0 Å². The minimum absolute atomic E-state index is 0.279. The lowest BCUT2D eigenvalue weighted by Crippen LogP contribution is -2.30. The zero-order chi connectivity index (χ0) is 24.1. The van der Waals surface area contributed by atoms with E-state index in [9.17, 15) is 9.00 Å². The molecule has 8 nitrogen and oxygen atoms in total. The van der Waals surface area contributed by atoms with E-state index in [-0.39, 0.29) is 12.0 Å². The number of carbonyl (C=O) groups excluding carboxylic acids is 1. The molecule has 1 saturated heterocycles. The molecule has 2 aliphatic heterocycles. The number of nitrogens with one attached hydrogen (secondary N) is 1. The maximum atomic E-state index is 12.6. The second-order valence-electron chi connectivity index (χ2n) is 8.91. The van der Waals surface area contributed by atoms with Crippen molar-refractivity contribution >= 4 is 28.5 Å². The predicted octanol–water partition coefficient (Wildman–Crippen LogP) is 3.54. The first kappa shape index (κ1) is 24.6. The number of hydrogen-bond acceptors (Lipinski definition) is 8. The second-order valence-corrected chi connectivity index (χ2v) is 10.4. The molecule has 0 saturated carbocycles. The number of esters is 1. The number of hydrogen-bond donors (Lipinski definition) is 1. The number of rotatable bonds is 9. The third-order valence-corrected chi connectivity index (χ3v) is 8.15. The molecule has 2 aliphatic rings. The Labute approximate surface area is 203 Å². The van der Waals surface area contributed by atoms with Crippen molar-refractivity contribution in [1.29, 1.82) is 0 Å². The number of ether oxygens (including phenoxy) is 2. The Bertz CT molecular complexity index is 1020. The molecule has 0 spiro atoms. The highest BCUT2D eigenvalue weighted by Gasteiger charge is 2.28. The van der Waals surface area contributed by atoms with Gasteiger partial charge in [0.25, 0.3) is 0 Å². The van der Waals surface area contributed by atoms with Crippen molar-refractivity contribution in [3.8, 4) is 0 Å². The van der Waals surface area contributed by atoms with Gasteiger partial charge in [-0.1, -0.05) is 19.1 Å². The van der Waals surface area contributed by atoms with Crippen LogP contribution >= 0.6 is 0 Å². The van der Waals surface area contributed by atoms with Crippen LogP contribution < -0.4 is 10.2 Å². The van der Waals surface area contributed by atoms with Gasteiger partial charge >= 0.3 is 5.97 Å². The SMILES string of the molecule is CCC(CCN(C)c1nc2c(c(NC3CCOCC3)n1)S(=O)CC2)c1ccc(C(=O)OC)cc1. The molecule has 1 fully saturated rings. The first-order chi connectivity index (χ1) is 16.5. The van der Waals surface area contributed by atoms with Gasteiger partial charge < -0.3 is 19.7 Å². The lowest BCUT2D eigenvalue weighted by molar-refractivity contribution is 0.0600. The van der Waals surface area contributed by atoms with Gasteiger partial charge in [-0.2, -0.15) is 4.98 Å². The highest BCUT2D eigenvalue weighted by molar-refractivity contribution is 7.85. The molecule has 0 bridgehead atoms. The van der Waals surface area contributed by atoms with E-state index in [1.165, 1.54) is 12.7 Å². The Morgan fingerprint density at radius 2 is 2.00 bits per heavy atom. The number of anilines is 2. The molecule has 1 N–H and O–H groups in total. The fourth-order valence-corrected chi connectivity index (χ4v) is 5.87. The number of aromatic nitrogens is 2. The summed E-state index contributed by atoms with van der Waals surface area (Å²) in [6.45, 7) is 4.44. The summed E-state index contributed by atoms with van der Waals surface area (Å²) < 4.78 is 22.9. The number of carbonyl (C=O) groups is 1. The van der Waals surface area contributed by atoms with Gasteiger partial charge in [0.15, 0.2) is 0 Å². The van der Waals surface area contributed by atoms with Crippen LogP contribution in [0.2, 0.25) is 0 Å². The number of fused-ring (bicyclic) bond motifs is 1. The number of benzene rings is 1. The minimum Gasteiger partial charge on any atom is -0.465 e. The second kappa shape index (κ2) is 11.3. The Morgan fingerprint density at radius 3 is 2.68 bits per heavy atom. The van der Waals surface area contributed by atoms with Crippen molar-refractivity contribution in [2.45, 2.75) is 55.9 Å². The van der Waals surface area contributed by atoms with Gasteiger partial charge in [0.05, 0.1) is 29.2 Å². The van der Waals surface area contributed by atoms with Crippen molar-refractivity contribution in [2.24, 2.45) is 0 Å². The first-order valence-corrected chi connectivity index (χ1v) is 13.3. The van der Waals surface area contributed by atoms with Crippen molar-refractivity contribution in [1.82, 2.24) is 9.97 Å². The molecule has 184 valence electrons. The van der Waals surface area contributed by atoms with E-state index in [0.717, 1.165) is 68.3 Å². The van der Waals surface area contributed by atoms with Crippen LogP contribution in [-0.4, -0.2) is 65.9 Å². The van der Waals surface area contributed by atoms with Crippen molar-refractivity contribution < 1.29 is 18.5 Å². The van der Waals surface area contributed by atoms with E-state index in [1.54, 1.807) is 0 Å². The molecule has 0 radical (unpaired) electrons. The normalized spacial score (nSPS) is 18.9. The van der Waals surface area contributed by atoms with Crippen LogP contribution in [0.25, 0.3) is 0 Å². The third-order valence-electron chi connectivity index (χ3n) is 6.69. The largest absolute Gasteiger partial charge is 0.465 e. The first-order valence-electron chi connectivity index (χ1n) is 12.0. The maximum Gasteiger partial charge on any atom is 0.337 e. The fourth-order valence-electron chi connectivity index (χ4n) is 4.55. The molecule has 1 aromatic heterocycles. The molecular formula is C25H34N4O4S. The number of methoxy groups -OCH3 is 1. The molecular weight excluding hydrogens is 452 g/mol. The van der Waals surface area contributed by atoms with Crippen molar-refractivity contribution in [2.75, 3.05) is 49.9 Å². The summed E-state index contributed by atoms with van der Waals surface area (Å²) in [6, 6.07) is 7.95. The molecule has 0 amide bonds. The number of nitrogens with zero attached hydrogens (tertiary/aromatic N) is 3. The van der Waals surface area contributed by atoms with E-state index in [2.05, 4.69) is 17.1 Å². The molecule has 0 aliphatic carbocycles. The van der Waals surface area contributed by atoms with Crippen LogP contribution in [0, 0.1) is 0 Å². The summed E-state index contributed by atoms with van der Waals surface area (Å²) in [5.74, 6) is 2.04. The van der Waals surface area contributed by atoms with Crippen LogP contribution in [0.15, 0.2) is 29.2 Å². The number of aryl methyl sites for hydroxylation is 1. The monoisotopic (exact) mass is 486 g/mol. The van der Waals surface area contributed by atoms with Crippen LogP contribution in [0.1, 0.15) is 60.1 Å². The highest BCUT2D eigenvalue weighted by atomic mass is 32.2.